The van der Waals surface area contributed by atoms with Gasteiger partial charge in [0, 0.05) is 17.5 Å². The number of halogens is 1. The molecule has 100 valence electrons. The van der Waals surface area contributed by atoms with Crippen molar-refractivity contribution in [1.82, 2.24) is 0 Å². The molecular formula is C14H19BrO3. The number of methoxy groups -OCH3 is 1. The summed E-state index contributed by atoms with van der Waals surface area (Å²) in [4.78, 5) is 0. The van der Waals surface area contributed by atoms with Crippen molar-refractivity contribution in [2.75, 3.05) is 25.7 Å². The number of alkyl halides is 1. The lowest BCUT2D eigenvalue weighted by Gasteiger charge is -2.20. The summed E-state index contributed by atoms with van der Waals surface area (Å²) in [5, 5.41) is 0.750. The molecule has 0 spiro atoms. The average Bonchev–Trinajstić information content (AvgIpc) is 2.93. The van der Waals surface area contributed by atoms with Gasteiger partial charge < -0.3 is 14.2 Å². The van der Waals surface area contributed by atoms with Crippen molar-refractivity contribution in [2.24, 2.45) is 0 Å². The molecule has 0 amide bonds. The first-order valence-electron chi connectivity index (χ1n) is 6.27. The average molecular weight is 315 g/mol. The van der Waals surface area contributed by atoms with Crippen LogP contribution in [0.2, 0.25) is 0 Å². The summed E-state index contributed by atoms with van der Waals surface area (Å²) >= 11 is 3.50. The Bertz CT molecular complexity index is 364. The van der Waals surface area contributed by atoms with Crippen LogP contribution in [0.4, 0.5) is 0 Å². The number of hydrogen-bond acceptors (Lipinski definition) is 3. The van der Waals surface area contributed by atoms with Crippen LogP contribution in [0.15, 0.2) is 24.3 Å². The van der Waals surface area contributed by atoms with Crippen molar-refractivity contribution in [2.45, 2.75) is 25.0 Å². The third-order valence-corrected chi connectivity index (χ3v) is 3.72. The summed E-state index contributed by atoms with van der Waals surface area (Å²) in [6.07, 6.45) is 2.49. The summed E-state index contributed by atoms with van der Waals surface area (Å²) < 4.78 is 16.9. The van der Waals surface area contributed by atoms with Crippen LogP contribution < -0.4 is 4.74 Å². The van der Waals surface area contributed by atoms with Gasteiger partial charge in [-0.05, 0) is 18.9 Å². The molecule has 2 rings (SSSR count). The number of ether oxygens (including phenoxy) is 3. The molecule has 18 heavy (non-hydrogen) atoms. The highest BCUT2D eigenvalue weighted by molar-refractivity contribution is 9.09. The maximum Gasteiger partial charge on any atom is 0.124 e. The molecule has 1 aliphatic heterocycles. The molecule has 0 aliphatic carbocycles. The van der Waals surface area contributed by atoms with Crippen LogP contribution in [-0.2, 0) is 9.47 Å². The molecule has 3 nitrogen and oxygen atoms in total. The van der Waals surface area contributed by atoms with Gasteiger partial charge in [-0.15, -0.1) is 0 Å². The fourth-order valence-corrected chi connectivity index (χ4v) is 2.68. The van der Waals surface area contributed by atoms with Crippen molar-refractivity contribution in [1.29, 1.82) is 0 Å². The van der Waals surface area contributed by atoms with E-state index in [9.17, 15) is 0 Å². The largest absolute Gasteiger partial charge is 0.496 e. The molecule has 0 saturated carbocycles. The predicted octanol–water partition coefficient (Wildman–Crippen LogP) is 3.33. The number of para-hydroxylation sites is 1. The topological polar surface area (TPSA) is 27.7 Å². The van der Waals surface area contributed by atoms with E-state index in [0.29, 0.717) is 6.61 Å². The molecule has 1 fully saturated rings. The van der Waals surface area contributed by atoms with E-state index in [-0.39, 0.29) is 12.2 Å². The Morgan fingerprint density at radius 3 is 2.94 bits per heavy atom. The van der Waals surface area contributed by atoms with Gasteiger partial charge in [-0.25, -0.2) is 0 Å². The molecule has 1 heterocycles. The van der Waals surface area contributed by atoms with Gasteiger partial charge in [-0.1, -0.05) is 34.1 Å². The summed E-state index contributed by atoms with van der Waals surface area (Å²) in [5.74, 6) is 0.870. The molecular weight excluding hydrogens is 296 g/mol. The van der Waals surface area contributed by atoms with E-state index in [0.717, 1.165) is 36.1 Å². The Labute approximate surface area is 117 Å². The van der Waals surface area contributed by atoms with Gasteiger partial charge in [0.15, 0.2) is 0 Å². The van der Waals surface area contributed by atoms with Gasteiger partial charge in [0.05, 0.1) is 25.9 Å². The predicted molar refractivity (Wildman–Crippen MR) is 74.5 cm³/mol. The van der Waals surface area contributed by atoms with Gasteiger partial charge in [0.25, 0.3) is 0 Å². The maximum atomic E-state index is 5.95. The molecule has 0 N–H and O–H groups in total. The quantitative estimate of drug-likeness (QED) is 0.754. The number of benzene rings is 1. The monoisotopic (exact) mass is 314 g/mol. The third kappa shape index (κ3) is 3.46. The van der Waals surface area contributed by atoms with E-state index in [1.807, 2.05) is 24.3 Å². The Kier molecular flexibility index (Phi) is 5.47. The molecule has 0 aromatic heterocycles. The Morgan fingerprint density at radius 1 is 1.44 bits per heavy atom. The first kappa shape index (κ1) is 13.8. The Balaban J connectivity index is 1.98. The van der Waals surface area contributed by atoms with Crippen molar-refractivity contribution < 1.29 is 14.2 Å². The number of hydrogen-bond donors (Lipinski definition) is 0. The first-order valence-corrected chi connectivity index (χ1v) is 7.39. The van der Waals surface area contributed by atoms with Gasteiger partial charge in [0.1, 0.15) is 5.75 Å². The lowest BCUT2D eigenvalue weighted by Crippen LogP contribution is -2.18. The molecule has 4 heteroatoms. The second-order valence-corrected chi connectivity index (χ2v) is 5.00. The molecule has 1 aromatic rings. The second kappa shape index (κ2) is 7.12. The van der Waals surface area contributed by atoms with E-state index < -0.39 is 0 Å². The van der Waals surface area contributed by atoms with E-state index in [2.05, 4.69) is 15.9 Å². The van der Waals surface area contributed by atoms with Crippen LogP contribution in [0.3, 0.4) is 0 Å². The lowest BCUT2D eigenvalue weighted by atomic mass is 10.1. The minimum Gasteiger partial charge on any atom is -0.496 e. The van der Waals surface area contributed by atoms with Crippen LogP contribution in [0, 0.1) is 0 Å². The SMILES string of the molecule is COc1ccccc1C(CBr)OCC1CCCO1. The van der Waals surface area contributed by atoms with Crippen LogP contribution in [0.25, 0.3) is 0 Å². The maximum absolute atomic E-state index is 5.95. The highest BCUT2D eigenvalue weighted by Gasteiger charge is 2.20. The van der Waals surface area contributed by atoms with Crippen molar-refractivity contribution in [3.8, 4) is 5.75 Å². The van der Waals surface area contributed by atoms with Gasteiger partial charge in [0.2, 0.25) is 0 Å². The highest BCUT2D eigenvalue weighted by Crippen LogP contribution is 2.29. The smallest absolute Gasteiger partial charge is 0.124 e. The van der Waals surface area contributed by atoms with E-state index >= 15 is 0 Å². The number of rotatable bonds is 6. The van der Waals surface area contributed by atoms with Crippen molar-refractivity contribution >= 4 is 15.9 Å². The van der Waals surface area contributed by atoms with Gasteiger partial charge in [-0.3, -0.25) is 0 Å². The van der Waals surface area contributed by atoms with Crippen molar-refractivity contribution in [3.05, 3.63) is 29.8 Å². The van der Waals surface area contributed by atoms with E-state index in [1.165, 1.54) is 0 Å². The first-order chi connectivity index (χ1) is 8.85. The molecule has 1 aromatic carbocycles. The molecule has 0 bridgehead atoms. The Morgan fingerprint density at radius 2 is 2.28 bits per heavy atom. The molecule has 0 radical (unpaired) electrons. The van der Waals surface area contributed by atoms with Crippen LogP contribution in [-0.4, -0.2) is 31.8 Å². The summed E-state index contributed by atoms with van der Waals surface area (Å²) in [6.45, 7) is 1.51. The summed E-state index contributed by atoms with van der Waals surface area (Å²) in [7, 11) is 1.68. The summed E-state index contributed by atoms with van der Waals surface area (Å²) in [6, 6.07) is 7.97. The zero-order chi connectivity index (χ0) is 12.8. The van der Waals surface area contributed by atoms with Crippen LogP contribution in [0.1, 0.15) is 24.5 Å². The molecule has 2 atom stereocenters. The second-order valence-electron chi connectivity index (χ2n) is 4.35. The van der Waals surface area contributed by atoms with E-state index in [1.54, 1.807) is 7.11 Å². The highest BCUT2D eigenvalue weighted by atomic mass is 79.9. The molecule has 1 saturated heterocycles. The van der Waals surface area contributed by atoms with Crippen molar-refractivity contribution in [3.63, 3.8) is 0 Å². The zero-order valence-electron chi connectivity index (χ0n) is 10.6. The summed E-state index contributed by atoms with van der Waals surface area (Å²) in [5.41, 5.74) is 1.08. The van der Waals surface area contributed by atoms with Crippen LogP contribution >= 0.6 is 15.9 Å². The fraction of sp³-hybridized carbons (Fsp3) is 0.571. The van der Waals surface area contributed by atoms with Gasteiger partial charge in [-0.2, -0.15) is 0 Å². The minimum atomic E-state index is 0.00495. The molecule has 2 unspecified atom stereocenters. The van der Waals surface area contributed by atoms with E-state index in [4.69, 9.17) is 14.2 Å². The Hall–Kier alpha value is -0.580. The fourth-order valence-electron chi connectivity index (χ4n) is 2.15. The standard InChI is InChI=1S/C14H19BrO3/c1-16-13-7-3-2-6-12(13)14(9-15)18-10-11-5-4-8-17-11/h2-3,6-7,11,14H,4-5,8-10H2,1H3. The molecule has 1 aliphatic rings. The third-order valence-electron chi connectivity index (χ3n) is 3.13. The van der Waals surface area contributed by atoms with Crippen LogP contribution in [0.5, 0.6) is 5.75 Å². The zero-order valence-corrected chi connectivity index (χ0v) is 12.2. The minimum absolute atomic E-state index is 0.00495. The van der Waals surface area contributed by atoms with Gasteiger partial charge >= 0.3 is 0 Å². The normalized spacial score (nSPS) is 20.9. The lowest BCUT2D eigenvalue weighted by molar-refractivity contribution is -0.0134.